The number of halogens is 2. The van der Waals surface area contributed by atoms with Gasteiger partial charge >= 0.3 is 12.0 Å². The van der Waals surface area contributed by atoms with E-state index in [0.29, 0.717) is 35.1 Å². The minimum atomic E-state index is -1.12. The van der Waals surface area contributed by atoms with Crippen LogP contribution in [0.25, 0.3) is 0 Å². The molecule has 0 aliphatic carbocycles. The Hall–Kier alpha value is -3.23. The molecular formula is C27H28I2N4O7. The Kier molecular flexibility index (Phi) is 11.7. The summed E-state index contributed by atoms with van der Waals surface area (Å²) >= 11 is 4.32. The van der Waals surface area contributed by atoms with Gasteiger partial charge in [-0.05, 0) is 94.4 Å². The van der Waals surface area contributed by atoms with Crippen LogP contribution in [0, 0.1) is 19.5 Å². The maximum atomic E-state index is 12.4. The molecule has 0 unspecified atom stereocenters. The summed E-state index contributed by atoms with van der Waals surface area (Å²) in [6.07, 6.45) is 5.72. The third kappa shape index (κ3) is 8.15. The monoisotopic (exact) mass is 774 g/mol. The van der Waals surface area contributed by atoms with Gasteiger partial charge in [0.05, 0.1) is 38.7 Å². The summed E-state index contributed by atoms with van der Waals surface area (Å²) in [5.74, 6) is 3.33. The molecule has 2 atom stereocenters. The molecule has 1 heterocycles. The highest BCUT2D eigenvalue weighted by atomic mass is 127. The molecule has 3 rings (SSSR count). The van der Waals surface area contributed by atoms with E-state index in [0.717, 1.165) is 12.7 Å². The van der Waals surface area contributed by atoms with E-state index in [9.17, 15) is 14.7 Å². The summed E-state index contributed by atoms with van der Waals surface area (Å²) in [6.45, 7) is 3.82. The van der Waals surface area contributed by atoms with Gasteiger partial charge in [-0.25, -0.2) is 9.59 Å². The van der Waals surface area contributed by atoms with Crippen molar-refractivity contribution in [2.24, 2.45) is 5.10 Å². The summed E-state index contributed by atoms with van der Waals surface area (Å²) in [5.41, 5.74) is 4.68. The SMILES string of the molecule is C#CCOc1c(I)cc(/C=N\N[C@@H](O)COc2ccc([C@@H]3NC(=O)NC(C)=C3C(=O)OC)cc2OCC)cc1I. The second-order valence-corrected chi connectivity index (χ2v) is 10.5. The largest absolute Gasteiger partial charge is 0.490 e. The number of nitrogens with one attached hydrogen (secondary N) is 3. The van der Waals surface area contributed by atoms with Gasteiger partial charge in [-0.1, -0.05) is 12.0 Å². The predicted octanol–water partition coefficient (Wildman–Crippen LogP) is 3.43. The number of urea groups is 1. The van der Waals surface area contributed by atoms with E-state index in [1.807, 2.05) is 19.1 Å². The van der Waals surface area contributed by atoms with E-state index >= 15 is 0 Å². The lowest BCUT2D eigenvalue weighted by Crippen LogP contribution is -2.45. The molecule has 11 nitrogen and oxygen atoms in total. The highest BCUT2D eigenvalue weighted by molar-refractivity contribution is 14.1. The molecule has 0 aromatic heterocycles. The Morgan fingerprint density at radius 3 is 2.60 bits per heavy atom. The van der Waals surface area contributed by atoms with Gasteiger partial charge in [0.25, 0.3) is 0 Å². The lowest BCUT2D eigenvalue weighted by atomic mass is 9.95. The topological polar surface area (TPSA) is 140 Å². The summed E-state index contributed by atoms with van der Waals surface area (Å²) in [4.78, 5) is 24.5. The highest BCUT2D eigenvalue weighted by Crippen LogP contribution is 2.35. The maximum absolute atomic E-state index is 12.4. The third-order valence-corrected chi connectivity index (χ3v) is 7.03. The summed E-state index contributed by atoms with van der Waals surface area (Å²) in [6, 6.07) is 7.58. The molecule has 2 aromatic carbocycles. The van der Waals surface area contributed by atoms with Crippen LogP contribution in [0.5, 0.6) is 17.2 Å². The number of amides is 2. The van der Waals surface area contributed by atoms with Crippen molar-refractivity contribution >= 4 is 63.4 Å². The van der Waals surface area contributed by atoms with Crippen molar-refractivity contribution in [3.8, 4) is 29.6 Å². The number of terminal acetylenes is 1. The molecule has 0 spiro atoms. The fraction of sp³-hybridized carbons (Fsp3) is 0.296. The van der Waals surface area contributed by atoms with Crippen LogP contribution in [0.1, 0.15) is 31.0 Å². The molecule has 40 heavy (non-hydrogen) atoms. The number of hydrazone groups is 1. The lowest BCUT2D eigenvalue weighted by Gasteiger charge is -2.28. The van der Waals surface area contributed by atoms with Gasteiger partial charge in [-0.2, -0.15) is 5.10 Å². The van der Waals surface area contributed by atoms with E-state index in [1.165, 1.54) is 7.11 Å². The number of methoxy groups -OCH3 is 1. The predicted molar refractivity (Wildman–Crippen MR) is 165 cm³/mol. The van der Waals surface area contributed by atoms with Crippen molar-refractivity contribution < 1.29 is 33.6 Å². The molecule has 0 fully saturated rings. The minimum absolute atomic E-state index is 0.138. The Labute approximate surface area is 259 Å². The first kappa shape index (κ1) is 31.3. The highest BCUT2D eigenvalue weighted by Gasteiger charge is 2.32. The minimum Gasteiger partial charge on any atom is -0.490 e. The molecule has 0 saturated carbocycles. The average molecular weight is 774 g/mol. The normalized spacial score (nSPS) is 15.5. The number of carbonyl (C=O) groups excluding carboxylic acids is 2. The van der Waals surface area contributed by atoms with E-state index in [-0.39, 0.29) is 18.8 Å². The fourth-order valence-corrected chi connectivity index (χ4v) is 5.85. The van der Waals surface area contributed by atoms with Crippen molar-refractivity contribution in [1.82, 2.24) is 16.1 Å². The number of nitrogens with zero attached hydrogens (tertiary/aromatic N) is 1. The van der Waals surface area contributed by atoms with E-state index in [2.05, 4.69) is 72.3 Å². The van der Waals surface area contributed by atoms with Gasteiger partial charge in [0.1, 0.15) is 19.0 Å². The number of allylic oxidation sites excluding steroid dienone is 1. The number of hydrogen-bond donors (Lipinski definition) is 4. The zero-order valence-electron chi connectivity index (χ0n) is 21.9. The zero-order chi connectivity index (χ0) is 29.2. The van der Waals surface area contributed by atoms with E-state index < -0.39 is 24.3 Å². The van der Waals surface area contributed by atoms with Gasteiger partial charge in [0.15, 0.2) is 17.7 Å². The molecule has 0 saturated heterocycles. The van der Waals surface area contributed by atoms with Gasteiger partial charge < -0.3 is 34.7 Å². The Bertz CT molecular complexity index is 1330. The number of esters is 1. The van der Waals surface area contributed by atoms with Crippen LogP contribution in [0.4, 0.5) is 4.79 Å². The molecule has 2 amide bonds. The molecule has 4 N–H and O–H groups in total. The van der Waals surface area contributed by atoms with E-state index in [4.69, 9.17) is 25.4 Å². The molecule has 1 aliphatic heterocycles. The van der Waals surface area contributed by atoms with Crippen LogP contribution < -0.4 is 30.3 Å². The number of benzene rings is 2. The number of ether oxygens (including phenoxy) is 4. The number of carbonyl (C=O) groups is 2. The quantitative estimate of drug-likeness (QED) is 0.0643. The summed E-state index contributed by atoms with van der Waals surface area (Å²) < 4.78 is 23.7. The van der Waals surface area contributed by atoms with Crippen molar-refractivity contribution in [1.29, 1.82) is 0 Å². The first-order valence-electron chi connectivity index (χ1n) is 12.0. The van der Waals surface area contributed by atoms with Crippen LogP contribution in [0.15, 0.2) is 46.7 Å². The number of aliphatic hydroxyl groups excluding tert-OH is 1. The molecule has 1 aliphatic rings. The van der Waals surface area contributed by atoms with Crippen LogP contribution >= 0.6 is 45.2 Å². The smallest absolute Gasteiger partial charge is 0.337 e. The Balaban J connectivity index is 1.68. The third-order valence-electron chi connectivity index (χ3n) is 5.43. The molecule has 0 bridgehead atoms. The van der Waals surface area contributed by atoms with Crippen LogP contribution in [0.2, 0.25) is 0 Å². The summed E-state index contributed by atoms with van der Waals surface area (Å²) in [5, 5.41) is 19.8. The number of hydrogen-bond acceptors (Lipinski definition) is 9. The van der Waals surface area contributed by atoms with Crippen molar-refractivity contribution in [3.05, 3.63) is 59.9 Å². The van der Waals surface area contributed by atoms with Gasteiger partial charge in [-0.15, -0.1) is 6.42 Å². The Morgan fingerprint density at radius 2 is 1.95 bits per heavy atom. The van der Waals surface area contributed by atoms with Crippen molar-refractivity contribution in [2.75, 3.05) is 26.9 Å². The molecular weight excluding hydrogens is 746 g/mol. The van der Waals surface area contributed by atoms with Crippen LogP contribution in [-0.4, -0.2) is 56.5 Å². The molecule has 13 heteroatoms. The average Bonchev–Trinajstić information content (AvgIpc) is 2.91. The first-order chi connectivity index (χ1) is 19.2. The lowest BCUT2D eigenvalue weighted by molar-refractivity contribution is -0.136. The second kappa shape index (κ2) is 15.0. The maximum Gasteiger partial charge on any atom is 0.337 e. The summed E-state index contributed by atoms with van der Waals surface area (Å²) in [7, 11) is 1.27. The molecule has 212 valence electrons. The Morgan fingerprint density at radius 1 is 1.23 bits per heavy atom. The van der Waals surface area contributed by atoms with Crippen LogP contribution in [-0.2, 0) is 9.53 Å². The number of rotatable bonds is 12. The van der Waals surface area contributed by atoms with Crippen molar-refractivity contribution in [2.45, 2.75) is 26.1 Å². The second-order valence-electron chi connectivity index (χ2n) is 8.22. The van der Waals surface area contributed by atoms with Gasteiger partial charge in [-0.3, -0.25) is 5.43 Å². The van der Waals surface area contributed by atoms with Gasteiger partial charge in [0.2, 0.25) is 0 Å². The molecule has 0 radical (unpaired) electrons. The number of aliphatic hydroxyl groups is 1. The van der Waals surface area contributed by atoms with E-state index in [1.54, 1.807) is 31.3 Å². The molecule has 2 aromatic rings. The van der Waals surface area contributed by atoms with Gasteiger partial charge in [0, 0.05) is 5.70 Å². The van der Waals surface area contributed by atoms with Crippen molar-refractivity contribution in [3.63, 3.8) is 0 Å². The first-order valence-corrected chi connectivity index (χ1v) is 14.1. The fourth-order valence-electron chi connectivity index (χ4n) is 3.73. The zero-order valence-corrected chi connectivity index (χ0v) is 26.2. The van der Waals surface area contributed by atoms with Crippen LogP contribution in [0.3, 0.4) is 0 Å². The standard InChI is InChI=1S/C27H28I2N4O7/c1-5-9-39-25-18(28)10-16(11-19(25)29)13-30-33-22(34)14-40-20-8-7-17(12-21(20)38-6-2)24-23(26(35)37-4)15(3)31-27(36)32-24/h1,7-8,10-13,22,24,33-34H,6,9,14H2,2-4H3,(H2,31,32,36)/b30-13-/t22-,24-/m0/s1.